The fraction of sp³-hybridized carbons (Fsp3) is 0.0909. The number of benzene rings is 1. The third kappa shape index (κ3) is 2.35. The lowest BCUT2D eigenvalue weighted by Gasteiger charge is -2.04. The van der Waals surface area contributed by atoms with E-state index in [4.69, 9.17) is 16.7 Å². The van der Waals surface area contributed by atoms with Crippen LogP contribution in [-0.4, -0.2) is 20.9 Å². The standard InChI is InChI=1S/C11H8BrClN2O2/c1-6-5-15(14-10(6)11(16)17)9-3-2-7(13)4-8(9)12/h2-5H,1H3,(H,16,17). The fourth-order valence-electron chi connectivity index (χ4n) is 1.46. The molecule has 17 heavy (non-hydrogen) atoms. The van der Waals surface area contributed by atoms with Crippen LogP contribution in [0, 0.1) is 6.92 Å². The van der Waals surface area contributed by atoms with Crippen molar-refractivity contribution in [3.8, 4) is 5.69 Å². The van der Waals surface area contributed by atoms with E-state index in [1.165, 1.54) is 4.68 Å². The van der Waals surface area contributed by atoms with Crippen molar-refractivity contribution in [2.24, 2.45) is 0 Å². The van der Waals surface area contributed by atoms with Gasteiger partial charge in [0.25, 0.3) is 0 Å². The van der Waals surface area contributed by atoms with E-state index < -0.39 is 5.97 Å². The smallest absolute Gasteiger partial charge is 0.356 e. The predicted octanol–water partition coefficient (Wildman–Crippen LogP) is 3.29. The van der Waals surface area contributed by atoms with E-state index in [-0.39, 0.29) is 5.69 Å². The average Bonchev–Trinajstić information content (AvgIpc) is 2.60. The molecule has 4 nitrogen and oxygen atoms in total. The van der Waals surface area contributed by atoms with Gasteiger partial charge in [0.2, 0.25) is 0 Å². The Morgan fingerprint density at radius 3 is 2.76 bits per heavy atom. The van der Waals surface area contributed by atoms with E-state index in [2.05, 4.69) is 21.0 Å². The fourth-order valence-corrected chi connectivity index (χ4v) is 2.33. The number of rotatable bonds is 2. The number of hydrogen-bond donors (Lipinski definition) is 1. The van der Waals surface area contributed by atoms with Crippen molar-refractivity contribution >= 4 is 33.5 Å². The third-order valence-corrected chi connectivity index (χ3v) is 3.13. The van der Waals surface area contributed by atoms with Gasteiger partial charge in [0, 0.05) is 21.3 Å². The molecule has 0 unspecified atom stereocenters. The van der Waals surface area contributed by atoms with Crippen molar-refractivity contribution in [1.82, 2.24) is 9.78 Å². The van der Waals surface area contributed by atoms with Gasteiger partial charge in [-0.25, -0.2) is 9.48 Å². The Morgan fingerprint density at radius 2 is 2.24 bits per heavy atom. The summed E-state index contributed by atoms with van der Waals surface area (Å²) in [5, 5.41) is 13.5. The Labute approximate surface area is 111 Å². The topological polar surface area (TPSA) is 55.1 Å². The van der Waals surface area contributed by atoms with Gasteiger partial charge in [0.15, 0.2) is 5.69 Å². The number of carbonyl (C=O) groups is 1. The Balaban J connectivity index is 2.53. The van der Waals surface area contributed by atoms with Gasteiger partial charge in [-0.3, -0.25) is 0 Å². The van der Waals surface area contributed by atoms with Crippen molar-refractivity contribution in [3.05, 3.63) is 45.1 Å². The van der Waals surface area contributed by atoms with Crippen molar-refractivity contribution in [1.29, 1.82) is 0 Å². The largest absolute Gasteiger partial charge is 0.476 e. The summed E-state index contributed by atoms with van der Waals surface area (Å²) in [5.74, 6) is -1.04. The van der Waals surface area contributed by atoms with Crippen molar-refractivity contribution in [2.45, 2.75) is 6.92 Å². The lowest BCUT2D eigenvalue weighted by Crippen LogP contribution is -2.02. The molecule has 2 aromatic rings. The lowest BCUT2D eigenvalue weighted by atomic mass is 10.3. The molecule has 88 valence electrons. The lowest BCUT2D eigenvalue weighted by molar-refractivity contribution is 0.0689. The molecule has 0 bridgehead atoms. The first kappa shape index (κ1) is 12.1. The van der Waals surface area contributed by atoms with Crippen LogP contribution < -0.4 is 0 Å². The third-order valence-electron chi connectivity index (χ3n) is 2.26. The number of halogens is 2. The second kappa shape index (κ2) is 4.50. The SMILES string of the molecule is Cc1cn(-c2ccc(Cl)cc2Br)nc1C(=O)O. The number of carboxylic acid groups (broad SMARTS) is 1. The molecule has 0 aliphatic heterocycles. The molecule has 1 heterocycles. The molecule has 6 heteroatoms. The van der Waals surface area contributed by atoms with E-state index in [0.717, 1.165) is 10.2 Å². The quantitative estimate of drug-likeness (QED) is 0.925. The molecule has 0 radical (unpaired) electrons. The van der Waals surface area contributed by atoms with Crippen molar-refractivity contribution < 1.29 is 9.90 Å². The zero-order valence-corrected chi connectivity index (χ0v) is 11.2. The first-order chi connectivity index (χ1) is 7.99. The van der Waals surface area contributed by atoms with Crippen molar-refractivity contribution in [2.75, 3.05) is 0 Å². The summed E-state index contributed by atoms with van der Waals surface area (Å²) in [6.07, 6.45) is 1.66. The van der Waals surface area contributed by atoms with Gasteiger partial charge in [-0.05, 0) is 41.1 Å². The van der Waals surface area contributed by atoms with Gasteiger partial charge in [-0.15, -0.1) is 0 Å². The van der Waals surface area contributed by atoms with Gasteiger partial charge in [0.1, 0.15) is 0 Å². The predicted molar refractivity (Wildman–Crippen MR) is 68.0 cm³/mol. The van der Waals surface area contributed by atoms with Crippen LogP contribution in [-0.2, 0) is 0 Å². The van der Waals surface area contributed by atoms with Crippen LogP contribution in [0.25, 0.3) is 5.69 Å². The summed E-state index contributed by atoms with van der Waals surface area (Å²) in [6, 6.07) is 5.22. The van der Waals surface area contributed by atoms with Crippen LogP contribution in [0.5, 0.6) is 0 Å². The van der Waals surface area contributed by atoms with E-state index in [1.54, 1.807) is 31.3 Å². The molecule has 2 rings (SSSR count). The van der Waals surface area contributed by atoms with Crippen LogP contribution in [0.1, 0.15) is 16.1 Å². The highest BCUT2D eigenvalue weighted by molar-refractivity contribution is 9.10. The highest BCUT2D eigenvalue weighted by Crippen LogP contribution is 2.25. The number of aromatic nitrogens is 2. The van der Waals surface area contributed by atoms with Gasteiger partial charge in [-0.1, -0.05) is 11.6 Å². The summed E-state index contributed by atoms with van der Waals surface area (Å²) in [6.45, 7) is 1.71. The number of aryl methyl sites for hydroxylation is 1. The summed E-state index contributed by atoms with van der Waals surface area (Å²) in [7, 11) is 0. The molecule has 0 amide bonds. The maximum atomic E-state index is 10.9. The van der Waals surface area contributed by atoms with E-state index in [9.17, 15) is 4.79 Å². The monoisotopic (exact) mass is 314 g/mol. The molecular weight excluding hydrogens is 307 g/mol. The number of carboxylic acids is 1. The molecule has 1 aromatic carbocycles. The molecule has 0 fully saturated rings. The van der Waals surface area contributed by atoms with Crippen LogP contribution in [0.15, 0.2) is 28.9 Å². The Kier molecular flexibility index (Phi) is 3.22. The van der Waals surface area contributed by atoms with E-state index in [0.29, 0.717) is 10.6 Å². The summed E-state index contributed by atoms with van der Waals surface area (Å²) in [4.78, 5) is 10.9. The first-order valence-corrected chi connectivity index (χ1v) is 5.91. The Morgan fingerprint density at radius 1 is 1.53 bits per heavy atom. The summed E-state index contributed by atoms with van der Waals surface area (Å²) >= 11 is 9.20. The van der Waals surface area contributed by atoms with Crippen LogP contribution >= 0.6 is 27.5 Å². The zero-order valence-electron chi connectivity index (χ0n) is 8.82. The maximum Gasteiger partial charge on any atom is 0.356 e. The number of hydrogen-bond acceptors (Lipinski definition) is 2. The zero-order chi connectivity index (χ0) is 12.6. The average molecular weight is 316 g/mol. The van der Waals surface area contributed by atoms with E-state index >= 15 is 0 Å². The van der Waals surface area contributed by atoms with Gasteiger partial charge < -0.3 is 5.11 Å². The molecule has 1 N–H and O–H groups in total. The minimum atomic E-state index is -1.04. The number of aromatic carboxylic acids is 1. The molecule has 0 saturated heterocycles. The minimum Gasteiger partial charge on any atom is -0.476 e. The van der Waals surface area contributed by atoms with Crippen LogP contribution in [0.2, 0.25) is 5.02 Å². The highest BCUT2D eigenvalue weighted by atomic mass is 79.9. The second-order valence-corrected chi connectivity index (χ2v) is 4.80. The Hall–Kier alpha value is -1.33. The van der Waals surface area contributed by atoms with Crippen LogP contribution in [0.4, 0.5) is 0 Å². The summed E-state index contributed by atoms with van der Waals surface area (Å²) in [5.41, 5.74) is 1.40. The first-order valence-electron chi connectivity index (χ1n) is 4.74. The minimum absolute atomic E-state index is 0.0480. The second-order valence-electron chi connectivity index (χ2n) is 3.51. The molecule has 0 atom stereocenters. The van der Waals surface area contributed by atoms with E-state index in [1.807, 2.05) is 0 Å². The molecule has 0 aliphatic rings. The van der Waals surface area contributed by atoms with Crippen molar-refractivity contribution in [3.63, 3.8) is 0 Å². The van der Waals surface area contributed by atoms with Gasteiger partial charge in [0.05, 0.1) is 5.69 Å². The molecule has 1 aromatic heterocycles. The normalized spacial score (nSPS) is 10.5. The number of nitrogens with zero attached hydrogens (tertiary/aromatic N) is 2. The molecule has 0 spiro atoms. The van der Waals surface area contributed by atoms with Crippen LogP contribution in [0.3, 0.4) is 0 Å². The molecule has 0 saturated carbocycles. The molecular formula is C11H8BrClN2O2. The Bertz CT molecular complexity index is 595. The summed E-state index contributed by atoms with van der Waals surface area (Å²) < 4.78 is 2.27. The maximum absolute atomic E-state index is 10.9. The van der Waals surface area contributed by atoms with Gasteiger partial charge >= 0.3 is 5.97 Å². The molecule has 0 aliphatic carbocycles. The highest BCUT2D eigenvalue weighted by Gasteiger charge is 2.14. The van der Waals surface area contributed by atoms with Gasteiger partial charge in [-0.2, -0.15) is 5.10 Å².